The van der Waals surface area contributed by atoms with Gasteiger partial charge in [-0.05, 0) is 32.3 Å². The normalized spacial score (nSPS) is 25.4. The number of hydrogen-bond donors (Lipinski definition) is 1. The molecule has 1 fully saturated rings. The largest absolute Gasteiger partial charge is 0.475 e. The van der Waals surface area contributed by atoms with E-state index in [-0.39, 0.29) is 5.76 Å². The second kappa shape index (κ2) is 4.53. The summed E-state index contributed by atoms with van der Waals surface area (Å²) in [7, 11) is 0. The third-order valence-electron chi connectivity index (χ3n) is 3.43. The first kappa shape index (κ1) is 12.2. The van der Waals surface area contributed by atoms with Crippen molar-refractivity contribution < 1.29 is 14.3 Å². The van der Waals surface area contributed by atoms with Gasteiger partial charge in [0.1, 0.15) is 5.76 Å². The lowest BCUT2D eigenvalue weighted by Crippen LogP contribution is -2.26. The Morgan fingerprint density at radius 1 is 1.59 bits per heavy atom. The van der Waals surface area contributed by atoms with Crippen LogP contribution in [0.3, 0.4) is 0 Å². The zero-order valence-electron chi connectivity index (χ0n) is 10.6. The van der Waals surface area contributed by atoms with Gasteiger partial charge >= 0.3 is 5.97 Å². The molecule has 94 valence electrons. The van der Waals surface area contributed by atoms with Crippen LogP contribution in [0.1, 0.15) is 42.1 Å². The first-order valence-corrected chi connectivity index (χ1v) is 6.04. The number of likely N-dealkylation sites (tertiary alicyclic amines) is 1. The maximum absolute atomic E-state index is 10.9. The summed E-state index contributed by atoms with van der Waals surface area (Å²) < 4.78 is 5.38. The molecule has 2 heterocycles. The Kier molecular flexibility index (Phi) is 3.24. The molecule has 0 aromatic carbocycles. The van der Waals surface area contributed by atoms with Crippen LogP contribution in [0.2, 0.25) is 0 Å². The number of carboxylic acids is 1. The molecule has 0 spiro atoms. The van der Waals surface area contributed by atoms with Crippen molar-refractivity contribution in [1.29, 1.82) is 0 Å². The molecule has 1 saturated heterocycles. The molecule has 17 heavy (non-hydrogen) atoms. The van der Waals surface area contributed by atoms with Crippen LogP contribution in [0.5, 0.6) is 0 Å². The van der Waals surface area contributed by atoms with Gasteiger partial charge in [0.15, 0.2) is 0 Å². The van der Waals surface area contributed by atoms with Gasteiger partial charge in [-0.25, -0.2) is 4.79 Å². The van der Waals surface area contributed by atoms with Crippen LogP contribution >= 0.6 is 0 Å². The summed E-state index contributed by atoms with van der Waals surface area (Å²) >= 11 is 0. The topological polar surface area (TPSA) is 53.7 Å². The highest BCUT2D eigenvalue weighted by Gasteiger charge is 2.27. The summed E-state index contributed by atoms with van der Waals surface area (Å²) in [6.07, 6.45) is 1.20. The molecule has 4 heteroatoms. The number of aromatic carboxylic acids is 1. The van der Waals surface area contributed by atoms with Crippen molar-refractivity contribution in [2.45, 2.75) is 39.8 Å². The summed E-state index contributed by atoms with van der Waals surface area (Å²) in [5.41, 5.74) is 0.701. The third-order valence-corrected chi connectivity index (χ3v) is 3.43. The summed E-state index contributed by atoms with van der Waals surface area (Å²) in [5.74, 6) is 0.539. The highest BCUT2D eigenvalue weighted by Crippen LogP contribution is 2.25. The molecular formula is C13H19NO3. The fourth-order valence-corrected chi connectivity index (χ4v) is 2.65. The lowest BCUT2D eigenvalue weighted by atomic mass is 10.1. The summed E-state index contributed by atoms with van der Waals surface area (Å²) in [6, 6.07) is 2.38. The van der Waals surface area contributed by atoms with Gasteiger partial charge in [0.05, 0.1) is 6.54 Å². The Bertz CT molecular complexity index is 424. The molecule has 1 aliphatic rings. The number of carboxylic acid groups (broad SMARTS) is 1. The Morgan fingerprint density at radius 3 is 2.76 bits per heavy atom. The van der Waals surface area contributed by atoms with Crippen LogP contribution in [0.15, 0.2) is 10.5 Å². The molecule has 1 N–H and O–H groups in total. The minimum atomic E-state index is -0.989. The van der Waals surface area contributed by atoms with Crippen LogP contribution in [0.4, 0.5) is 0 Å². The first-order valence-electron chi connectivity index (χ1n) is 6.04. The minimum Gasteiger partial charge on any atom is -0.475 e. The fourth-order valence-electron chi connectivity index (χ4n) is 2.65. The van der Waals surface area contributed by atoms with E-state index in [0.29, 0.717) is 24.1 Å². The average molecular weight is 237 g/mol. The molecule has 0 bridgehead atoms. The molecule has 0 radical (unpaired) electrons. The van der Waals surface area contributed by atoms with Gasteiger partial charge in [0.25, 0.3) is 0 Å². The van der Waals surface area contributed by atoms with Gasteiger partial charge < -0.3 is 9.52 Å². The van der Waals surface area contributed by atoms with Gasteiger partial charge in [0.2, 0.25) is 5.76 Å². The van der Waals surface area contributed by atoms with E-state index >= 15 is 0 Å². The molecular weight excluding hydrogens is 218 g/mol. The molecule has 0 saturated carbocycles. The smallest absolute Gasteiger partial charge is 0.372 e. The maximum Gasteiger partial charge on any atom is 0.372 e. The Morgan fingerprint density at radius 2 is 2.29 bits per heavy atom. The van der Waals surface area contributed by atoms with Gasteiger partial charge in [-0.15, -0.1) is 0 Å². The fraction of sp³-hybridized carbons (Fsp3) is 0.615. The zero-order valence-corrected chi connectivity index (χ0v) is 10.6. The standard InChI is InChI=1S/C13H19NO3/c1-8-4-10(3)14(6-8)7-11-5-9(2)12(17-11)13(15)16/h5,8,10H,4,6-7H2,1-3H3,(H,15,16). The number of nitrogens with zero attached hydrogens (tertiary/aromatic N) is 1. The second-order valence-corrected chi connectivity index (χ2v) is 5.15. The summed E-state index contributed by atoms with van der Waals surface area (Å²) in [5, 5.41) is 8.93. The van der Waals surface area contributed by atoms with E-state index in [2.05, 4.69) is 18.7 Å². The molecule has 1 aromatic rings. The number of carbonyl (C=O) groups is 1. The molecule has 1 aromatic heterocycles. The van der Waals surface area contributed by atoms with Gasteiger partial charge in [-0.2, -0.15) is 0 Å². The van der Waals surface area contributed by atoms with Gasteiger partial charge in [-0.1, -0.05) is 6.92 Å². The van der Waals surface area contributed by atoms with E-state index in [1.54, 1.807) is 6.92 Å². The highest BCUT2D eigenvalue weighted by molar-refractivity contribution is 5.86. The molecule has 2 atom stereocenters. The highest BCUT2D eigenvalue weighted by atomic mass is 16.4. The average Bonchev–Trinajstić information content (AvgIpc) is 2.71. The molecule has 4 nitrogen and oxygen atoms in total. The lowest BCUT2D eigenvalue weighted by molar-refractivity contribution is 0.0657. The van der Waals surface area contributed by atoms with E-state index in [9.17, 15) is 4.79 Å². The Hall–Kier alpha value is -1.29. The quantitative estimate of drug-likeness (QED) is 0.877. The lowest BCUT2D eigenvalue weighted by Gasteiger charge is -2.19. The van der Waals surface area contributed by atoms with Gasteiger partial charge in [-0.3, -0.25) is 4.90 Å². The van der Waals surface area contributed by atoms with Crippen LogP contribution in [-0.4, -0.2) is 28.6 Å². The van der Waals surface area contributed by atoms with E-state index in [4.69, 9.17) is 9.52 Å². The minimum absolute atomic E-state index is 0.0694. The van der Waals surface area contributed by atoms with Crippen molar-refractivity contribution in [3.63, 3.8) is 0 Å². The second-order valence-electron chi connectivity index (χ2n) is 5.15. The zero-order chi connectivity index (χ0) is 12.6. The van der Waals surface area contributed by atoms with Crippen molar-refractivity contribution in [3.05, 3.63) is 23.2 Å². The summed E-state index contributed by atoms with van der Waals surface area (Å²) in [4.78, 5) is 13.2. The number of hydrogen-bond acceptors (Lipinski definition) is 3. The molecule has 0 aliphatic carbocycles. The van der Waals surface area contributed by atoms with Crippen molar-refractivity contribution in [2.75, 3.05) is 6.54 Å². The predicted molar refractivity (Wildman–Crippen MR) is 64.1 cm³/mol. The van der Waals surface area contributed by atoms with Crippen LogP contribution < -0.4 is 0 Å². The van der Waals surface area contributed by atoms with E-state index in [1.165, 1.54) is 6.42 Å². The molecule has 0 amide bonds. The third kappa shape index (κ3) is 2.52. The monoisotopic (exact) mass is 237 g/mol. The molecule has 1 aliphatic heterocycles. The molecule has 2 rings (SSSR count). The first-order chi connectivity index (χ1) is 7.97. The van der Waals surface area contributed by atoms with Crippen molar-refractivity contribution in [3.8, 4) is 0 Å². The number of furan rings is 1. The van der Waals surface area contributed by atoms with E-state index in [1.807, 2.05) is 6.07 Å². The SMILES string of the molecule is Cc1cc(CN2CC(C)CC2C)oc1C(=O)O. The van der Waals surface area contributed by atoms with Crippen LogP contribution in [0, 0.1) is 12.8 Å². The van der Waals surface area contributed by atoms with E-state index in [0.717, 1.165) is 12.3 Å². The van der Waals surface area contributed by atoms with Gasteiger partial charge in [0, 0.05) is 18.2 Å². The number of rotatable bonds is 3. The van der Waals surface area contributed by atoms with Crippen LogP contribution in [0.25, 0.3) is 0 Å². The Labute approximate surface area is 101 Å². The van der Waals surface area contributed by atoms with Crippen LogP contribution in [-0.2, 0) is 6.54 Å². The van der Waals surface area contributed by atoms with Crippen molar-refractivity contribution >= 4 is 5.97 Å². The van der Waals surface area contributed by atoms with Crippen molar-refractivity contribution in [2.24, 2.45) is 5.92 Å². The predicted octanol–water partition coefficient (Wildman–Crippen LogP) is 2.52. The van der Waals surface area contributed by atoms with Crippen molar-refractivity contribution in [1.82, 2.24) is 4.90 Å². The number of aryl methyl sites for hydroxylation is 1. The molecule has 2 unspecified atom stereocenters. The summed E-state index contributed by atoms with van der Waals surface area (Å²) in [6.45, 7) is 7.99. The maximum atomic E-state index is 10.9. The Balaban J connectivity index is 2.09. The van der Waals surface area contributed by atoms with E-state index < -0.39 is 5.97 Å².